The number of anilines is 1. The molecular weight excluding hydrogens is 226 g/mol. The molecule has 0 aliphatic carbocycles. The summed E-state index contributed by atoms with van der Waals surface area (Å²) in [5, 5.41) is 10.6. The van der Waals surface area contributed by atoms with E-state index in [1.807, 2.05) is 14.1 Å². The zero-order valence-corrected chi connectivity index (χ0v) is 10.2. The monoisotopic (exact) mass is 241 g/mol. The molecule has 0 radical (unpaired) electrons. The van der Waals surface area contributed by atoms with Crippen LogP contribution in [0.15, 0.2) is 23.1 Å². The van der Waals surface area contributed by atoms with Crippen molar-refractivity contribution in [2.75, 3.05) is 32.1 Å². The van der Waals surface area contributed by atoms with Crippen LogP contribution in [0, 0.1) is 10.1 Å². The first-order valence-corrected chi connectivity index (χ1v) is 5.80. The second kappa shape index (κ2) is 5.72. The van der Waals surface area contributed by atoms with Crippen molar-refractivity contribution in [3.8, 4) is 0 Å². The Balaban J connectivity index is 2.69. The van der Waals surface area contributed by atoms with Gasteiger partial charge in [0.25, 0.3) is 5.69 Å². The maximum absolute atomic E-state index is 10.6. The average Bonchev–Trinajstić information content (AvgIpc) is 2.16. The summed E-state index contributed by atoms with van der Waals surface area (Å²) in [6.45, 7) is 0.924. The average molecular weight is 241 g/mol. The van der Waals surface area contributed by atoms with Gasteiger partial charge >= 0.3 is 0 Å². The van der Waals surface area contributed by atoms with Crippen LogP contribution in [-0.4, -0.2) is 36.2 Å². The molecule has 1 aromatic carbocycles. The van der Waals surface area contributed by atoms with Gasteiger partial charge in [0.1, 0.15) is 0 Å². The van der Waals surface area contributed by atoms with E-state index >= 15 is 0 Å². The molecule has 0 aliphatic heterocycles. The van der Waals surface area contributed by atoms with Gasteiger partial charge in [0, 0.05) is 35.0 Å². The van der Waals surface area contributed by atoms with Crippen molar-refractivity contribution in [2.24, 2.45) is 0 Å². The van der Waals surface area contributed by atoms with Crippen LogP contribution in [0.5, 0.6) is 0 Å². The Kier molecular flexibility index (Phi) is 4.57. The zero-order valence-electron chi connectivity index (χ0n) is 9.34. The third-order valence-corrected chi connectivity index (χ3v) is 2.89. The summed E-state index contributed by atoms with van der Waals surface area (Å²) in [4.78, 5) is 13.1. The van der Waals surface area contributed by atoms with Crippen LogP contribution >= 0.6 is 11.8 Å². The largest absolute Gasteiger partial charge is 0.398 e. The number of nitro groups is 1. The third-order valence-electron chi connectivity index (χ3n) is 1.93. The summed E-state index contributed by atoms with van der Waals surface area (Å²) in [5.74, 6) is 0.883. The molecule has 0 aromatic heterocycles. The van der Waals surface area contributed by atoms with Crippen molar-refractivity contribution >= 4 is 23.1 Å². The normalized spacial score (nSPS) is 10.7. The van der Waals surface area contributed by atoms with Crippen molar-refractivity contribution in [2.45, 2.75) is 4.90 Å². The molecule has 0 amide bonds. The van der Waals surface area contributed by atoms with Crippen molar-refractivity contribution in [1.29, 1.82) is 0 Å². The van der Waals surface area contributed by atoms with Crippen molar-refractivity contribution in [1.82, 2.24) is 4.90 Å². The number of non-ortho nitro benzene ring substituents is 1. The standard InChI is InChI=1S/C10H15N3O2S/c1-12(2)3-4-16-10-6-8(11)5-9(7-10)13(14)15/h5-7H,3-4,11H2,1-2H3. The van der Waals surface area contributed by atoms with E-state index in [2.05, 4.69) is 4.90 Å². The number of nitrogens with zero attached hydrogens (tertiary/aromatic N) is 2. The molecule has 0 fully saturated rings. The SMILES string of the molecule is CN(C)CCSc1cc(N)cc([N+](=O)[O-])c1. The number of hydrogen-bond acceptors (Lipinski definition) is 5. The van der Waals surface area contributed by atoms with Crippen LogP contribution in [0.3, 0.4) is 0 Å². The van der Waals surface area contributed by atoms with E-state index in [1.165, 1.54) is 6.07 Å². The molecule has 5 nitrogen and oxygen atoms in total. The Hall–Kier alpha value is -1.27. The van der Waals surface area contributed by atoms with Crippen LogP contribution in [-0.2, 0) is 0 Å². The number of nitrogens with two attached hydrogens (primary N) is 1. The molecule has 1 aromatic rings. The van der Waals surface area contributed by atoms with Gasteiger partial charge in [0.2, 0.25) is 0 Å². The Bertz CT molecular complexity index is 382. The van der Waals surface area contributed by atoms with E-state index in [0.717, 1.165) is 17.2 Å². The van der Waals surface area contributed by atoms with Gasteiger partial charge in [-0.25, -0.2) is 0 Å². The lowest BCUT2D eigenvalue weighted by Crippen LogP contribution is -2.14. The van der Waals surface area contributed by atoms with E-state index in [0.29, 0.717) is 5.69 Å². The van der Waals surface area contributed by atoms with Crippen LogP contribution < -0.4 is 5.73 Å². The number of nitrogen functional groups attached to an aromatic ring is 1. The first kappa shape index (κ1) is 12.8. The molecule has 1 rings (SSSR count). The lowest BCUT2D eigenvalue weighted by molar-refractivity contribution is -0.385. The summed E-state index contributed by atoms with van der Waals surface area (Å²) < 4.78 is 0. The van der Waals surface area contributed by atoms with Gasteiger partial charge in [-0.2, -0.15) is 0 Å². The van der Waals surface area contributed by atoms with Gasteiger partial charge in [0.05, 0.1) is 4.92 Å². The first-order chi connectivity index (χ1) is 7.49. The van der Waals surface area contributed by atoms with E-state index < -0.39 is 4.92 Å². The van der Waals surface area contributed by atoms with Gasteiger partial charge in [-0.05, 0) is 20.2 Å². The lowest BCUT2D eigenvalue weighted by Gasteiger charge is -2.08. The van der Waals surface area contributed by atoms with Crippen LogP contribution in [0.25, 0.3) is 0 Å². The molecular formula is C10H15N3O2S. The van der Waals surface area contributed by atoms with Crippen molar-refractivity contribution in [3.63, 3.8) is 0 Å². The number of nitro benzene ring substituents is 1. The molecule has 6 heteroatoms. The Morgan fingerprint density at radius 3 is 2.69 bits per heavy atom. The lowest BCUT2D eigenvalue weighted by atomic mass is 10.3. The van der Waals surface area contributed by atoms with Crippen molar-refractivity contribution < 1.29 is 4.92 Å². The maximum Gasteiger partial charge on any atom is 0.272 e. The number of thioether (sulfide) groups is 1. The summed E-state index contributed by atoms with van der Waals surface area (Å²) >= 11 is 1.57. The fourth-order valence-corrected chi connectivity index (χ4v) is 2.26. The molecule has 0 spiro atoms. The van der Waals surface area contributed by atoms with Crippen LogP contribution in [0.2, 0.25) is 0 Å². The number of benzene rings is 1. The van der Waals surface area contributed by atoms with Gasteiger partial charge in [0.15, 0.2) is 0 Å². The molecule has 0 saturated heterocycles. The van der Waals surface area contributed by atoms with Crippen LogP contribution in [0.1, 0.15) is 0 Å². The summed E-state index contributed by atoms with van der Waals surface area (Å²) in [6, 6.07) is 4.68. The second-order valence-electron chi connectivity index (χ2n) is 3.67. The topological polar surface area (TPSA) is 72.4 Å². The van der Waals surface area contributed by atoms with E-state index in [9.17, 15) is 10.1 Å². The minimum atomic E-state index is -0.424. The Morgan fingerprint density at radius 1 is 1.44 bits per heavy atom. The highest BCUT2D eigenvalue weighted by atomic mass is 32.2. The van der Waals surface area contributed by atoms with Gasteiger partial charge < -0.3 is 10.6 Å². The highest BCUT2D eigenvalue weighted by molar-refractivity contribution is 7.99. The highest BCUT2D eigenvalue weighted by Gasteiger charge is 2.08. The predicted molar refractivity (Wildman–Crippen MR) is 66.8 cm³/mol. The Labute approximate surface area is 98.8 Å². The molecule has 0 unspecified atom stereocenters. The first-order valence-electron chi connectivity index (χ1n) is 4.81. The number of hydrogen-bond donors (Lipinski definition) is 1. The fourth-order valence-electron chi connectivity index (χ4n) is 1.14. The zero-order chi connectivity index (χ0) is 12.1. The van der Waals surface area contributed by atoms with Gasteiger partial charge in [-0.3, -0.25) is 10.1 Å². The predicted octanol–water partition coefficient (Wildman–Crippen LogP) is 1.83. The molecule has 0 bridgehead atoms. The molecule has 0 saturated carbocycles. The summed E-state index contributed by atoms with van der Waals surface area (Å²) in [5.41, 5.74) is 6.08. The minimum absolute atomic E-state index is 0.0485. The van der Waals surface area contributed by atoms with E-state index in [-0.39, 0.29) is 5.69 Å². The van der Waals surface area contributed by atoms with E-state index in [1.54, 1.807) is 23.9 Å². The summed E-state index contributed by atoms with van der Waals surface area (Å²) in [7, 11) is 3.98. The quantitative estimate of drug-likeness (QED) is 0.368. The van der Waals surface area contributed by atoms with E-state index in [4.69, 9.17) is 5.73 Å². The molecule has 16 heavy (non-hydrogen) atoms. The van der Waals surface area contributed by atoms with Crippen molar-refractivity contribution in [3.05, 3.63) is 28.3 Å². The number of rotatable bonds is 5. The third kappa shape index (κ3) is 4.08. The second-order valence-corrected chi connectivity index (χ2v) is 4.84. The maximum atomic E-state index is 10.6. The molecule has 88 valence electrons. The van der Waals surface area contributed by atoms with Gasteiger partial charge in [-0.1, -0.05) is 0 Å². The smallest absolute Gasteiger partial charge is 0.272 e. The Morgan fingerprint density at radius 2 is 2.12 bits per heavy atom. The molecule has 0 heterocycles. The minimum Gasteiger partial charge on any atom is -0.398 e. The fraction of sp³-hybridized carbons (Fsp3) is 0.400. The molecule has 0 atom stereocenters. The molecule has 2 N–H and O–H groups in total. The highest BCUT2D eigenvalue weighted by Crippen LogP contribution is 2.26. The van der Waals surface area contributed by atoms with Crippen LogP contribution in [0.4, 0.5) is 11.4 Å². The summed E-state index contributed by atoms with van der Waals surface area (Å²) in [6.07, 6.45) is 0. The molecule has 0 aliphatic rings. The van der Waals surface area contributed by atoms with Gasteiger partial charge in [-0.15, -0.1) is 11.8 Å².